The summed E-state index contributed by atoms with van der Waals surface area (Å²) in [6.45, 7) is 0. The van der Waals surface area contributed by atoms with Gasteiger partial charge in [-0.3, -0.25) is 9.59 Å². The van der Waals surface area contributed by atoms with Crippen LogP contribution in [-0.4, -0.2) is 10.9 Å². The Morgan fingerprint density at radius 1 is 1.50 bits per heavy atom. The Balaban J connectivity index is 3.39. The summed E-state index contributed by atoms with van der Waals surface area (Å²) in [5, 5.41) is 0. The number of pyridine rings is 1. The lowest BCUT2D eigenvalue weighted by atomic mass is 10.2. The molecular weight excluding hydrogens is 201 g/mol. The van der Waals surface area contributed by atoms with Gasteiger partial charge in [0.1, 0.15) is 17.1 Å². The summed E-state index contributed by atoms with van der Waals surface area (Å²) < 4.78 is 36.8. The molecule has 1 aromatic rings. The number of halogens is 3. The number of rotatable bonds is 2. The standard InChI is InChI=1S/C7H5F3N2O2/c8-3-1-2(6(11)13)7(14)12-4(3)5(9)10/h1,5H,(H2,11,13)(H,12,14). The maximum absolute atomic E-state index is 12.8. The second-order valence-corrected chi connectivity index (χ2v) is 2.44. The Morgan fingerprint density at radius 3 is 2.50 bits per heavy atom. The van der Waals surface area contributed by atoms with Crippen LogP contribution in [0.25, 0.3) is 0 Å². The molecule has 3 N–H and O–H groups in total. The van der Waals surface area contributed by atoms with Gasteiger partial charge in [-0.25, -0.2) is 13.2 Å². The molecule has 0 saturated carbocycles. The monoisotopic (exact) mass is 206 g/mol. The highest BCUT2D eigenvalue weighted by molar-refractivity contribution is 5.92. The molecule has 0 fully saturated rings. The van der Waals surface area contributed by atoms with E-state index in [1.807, 2.05) is 0 Å². The minimum atomic E-state index is -3.15. The van der Waals surface area contributed by atoms with E-state index in [1.165, 1.54) is 0 Å². The van der Waals surface area contributed by atoms with E-state index in [2.05, 4.69) is 0 Å². The molecule has 1 heterocycles. The van der Waals surface area contributed by atoms with Crippen molar-refractivity contribution in [1.82, 2.24) is 4.98 Å². The van der Waals surface area contributed by atoms with Gasteiger partial charge in [-0.15, -0.1) is 0 Å². The Bertz CT molecular complexity index is 427. The number of carbonyl (C=O) groups is 1. The van der Waals surface area contributed by atoms with Crippen molar-refractivity contribution in [3.8, 4) is 0 Å². The molecule has 4 nitrogen and oxygen atoms in total. The van der Waals surface area contributed by atoms with E-state index < -0.39 is 35.0 Å². The van der Waals surface area contributed by atoms with E-state index in [-0.39, 0.29) is 0 Å². The first-order valence-corrected chi connectivity index (χ1v) is 3.44. The van der Waals surface area contributed by atoms with E-state index in [1.54, 1.807) is 4.98 Å². The number of amides is 1. The van der Waals surface area contributed by atoms with Crippen molar-refractivity contribution < 1.29 is 18.0 Å². The van der Waals surface area contributed by atoms with Crippen LogP contribution < -0.4 is 11.3 Å². The van der Waals surface area contributed by atoms with Crippen LogP contribution in [0, 0.1) is 5.82 Å². The number of carbonyl (C=O) groups excluding carboxylic acids is 1. The number of hydrogen-bond acceptors (Lipinski definition) is 2. The van der Waals surface area contributed by atoms with Crippen LogP contribution in [0.3, 0.4) is 0 Å². The summed E-state index contributed by atoms with van der Waals surface area (Å²) in [6.07, 6.45) is -3.15. The quantitative estimate of drug-likeness (QED) is 0.741. The number of alkyl halides is 2. The van der Waals surface area contributed by atoms with Gasteiger partial charge >= 0.3 is 0 Å². The van der Waals surface area contributed by atoms with Crippen molar-refractivity contribution in [3.63, 3.8) is 0 Å². The van der Waals surface area contributed by atoms with Gasteiger partial charge in [0.05, 0.1) is 0 Å². The molecule has 0 bridgehead atoms. The number of aromatic amines is 1. The molecule has 0 spiro atoms. The van der Waals surface area contributed by atoms with Crippen LogP contribution in [0.2, 0.25) is 0 Å². The van der Waals surface area contributed by atoms with Gasteiger partial charge in [0, 0.05) is 0 Å². The first kappa shape index (κ1) is 10.3. The van der Waals surface area contributed by atoms with Crippen molar-refractivity contribution >= 4 is 5.91 Å². The number of hydrogen-bond donors (Lipinski definition) is 2. The molecule has 76 valence electrons. The lowest BCUT2D eigenvalue weighted by Crippen LogP contribution is -2.25. The molecule has 1 rings (SSSR count). The van der Waals surface area contributed by atoms with E-state index in [0.29, 0.717) is 6.07 Å². The molecule has 0 saturated heterocycles. The second-order valence-electron chi connectivity index (χ2n) is 2.44. The van der Waals surface area contributed by atoms with Gasteiger partial charge in [0.2, 0.25) is 0 Å². The Morgan fingerprint density at radius 2 is 2.07 bits per heavy atom. The zero-order valence-corrected chi connectivity index (χ0v) is 6.68. The zero-order valence-electron chi connectivity index (χ0n) is 6.68. The van der Waals surface area contributed by atoms with Crippen LogP contribution in [0.4, 0.5) is 13.2 Å². The third-order valence-electron chi connectivity index (χ3n) is 1.50. The SMILES string of the molecule is NC(=O)c1cc(F)c(C(F)F)[nH]c1=O. The highest BCUT2D eigenvalue weighted by atomic mass is 19.3. The molecule has 1 amide bonds. The predicted molar refractivity (Wildman–Crippen MR) is 40.5 cm³/mol. The van der Waals surface area contributed by atoms with Gasteiger partial charge in [0.25, 0.3) is 17.9 Å². The van der Waals surface area contributed by atoms with Crippen molar-refractivity contribution in [2.24, 2.45) is 5.73 Å². The molecule has 0 aromatic carbocycles. The average molecular weight is 206 g/mol. The Kier molecular flexibility index (Phi) is 2.59. The number of nitrogens with two attached hydrogens (primary N) is 1. The van der Waals surface area contributed by atoms with Crippen LogP contribution in [-0.2, 0) is 0 Å². The third-order valence-corrected chi connectivity index (χ3v) is 1.50. The smallest absolute Gasteiger partial charge is 0.281 e. The van der Waals surface area contributed by atoms with E-state index in [0.717, 1.165) is 0 Å². The fourth-order valence-corrected chi connectivity index (χ4v) is 0.861. The van der Waals surface area contributed by atoms with Crippen molar-refractivity contribution in [1.29, 1.82) is 0 Å². The lowest BCUT2D eigenvalue weighted by Gasteiger charge is -2.02. The Labute approximate surface area is 75.5 Å². The van der Waals surface area contributed by atoms with Crippen LogP contribution >= 0.6 is 0 Å². The maximum atomic E-state index is 12.8. The molecule has 7 heteroatoms. The highest BCUT2D eigenvalue weighted by Gasteiger charge is 2.18. The summed E-state index contributed by atoms with van der Waals surface area (Å²) in [6, 6.07) is 0.392. The van der Waals surface area contributed by atoms with Gasteiger partial charge in [-0.1, -0.05) is 0 Å². The zero-order chi connectivity index (χ0) is 10.9. The van der Waals surface area contributed by atoms with Gasteiger partial charge in [-0.05, 0) is 6.07 Å². The summed E-state index contributed by atoms with van der Waals surface area (Å²) in [5.74, 6) is -2.54. The van der Waals surface area contributed by atoms with Crippen molar-refractivity contribution in [3.05, 3.63) is 33.5 Å². The van der Waals surface area contributed by atoms with Crippen molar-refractivity contribution in [2.45, 2.75) is 6.43 Å². The number of H-pyrrole nitrogens is 1. The van der Waals surface area contributed by atoms with E-state index in [4.69, 9.17) is 5.73 Å². The predicted octanol–water partition coefficient (Wildman–Crippen LogP) is 0.550. The second kappa shape index (κ2) is 3.52. The van der Waals surface area contributed by atoms with Crippen molar-refractivity contribution in [2.75, 3.05) is 0 Å². The highest BCUT2D eigenvalue weighted by Crippen LogP contribution is 2.18. The molecular formula is C7H5F3N2O2. The normalized spacial score (nSPS) is 10.6. The van der Waals surface area contributed by atoms with Gasteiger partial charge < -0.3 is 10.7 Å². The number of nitrogens with one attached hydrogen (secondary N) is 1. The van der Waals surface area contributed by atoms with Crippen LogP contribution in [0.5, 0.6) is 0 Å². The Hall–Kier alpha value is -1.79. The van der Waals surface area contributed by atoms with Crippen LogP contribution in [0.15, 0.2) is 10.9 Å². The molecule has 0 aliphatic heterocycles. The first-order valence-electron chi connectivity index (χ1n) is 3.44. The third kappa shape index (κ3) is 1.76. The summed E-state index contributed by atoms with van der Waals surface area (Å²) in [5.41, 5.74) is 1.73. The molecule has 0 unspecified atom stereocenters. The number of aromatic nitrogens is 1. The number of primary amides is 1. The molecule has 0 aliphatic carbocycles. The van der Waals surface area contributed by atoms with E-state index in [9.17, 15) is 22.8 Å². The van der Waals surface area contributed by atoms with Crippen LogP contribution in [0.1, 0.15) is 22.5 Å². The minimum absolute atomic E-state index is 0.392. The van der Waals surface area contributed by atoms with Gasteiger partial charge in [0.15, 0.2) is 0 Å². The molecule has 14 heavy (non-hydrogen) atoms. The summed E-state index contributed by atoms with van der Waals surface area (Å²) in [7, 11) is 0. The lowest BCUT2D eigenvalue weighted by molar-refractivity contribution is 0.0996. The summed E-state index contributed by atoms with van der Waals surface area (Å²) >= 11 is 0. The molecule has 1 aromatic heterocycles. The fourth-order valence-electron chi connectivity index (χ4n) is 0.861. The maximum Gasteiger partial charge on any atom is 0.281 e. The minimum Gasteiger partial charge on any atom is -0.365 e. The molecule has 0 atom stereocenters. The molecule has 0 aliphatic rings. The van der Waals surface area contributed by atoms with Gasteiger partial charge in [-0.2, -0.15) is 0 Å². The average Bonchev–Trinajstić information content (AvgIpc) is 2.07. The fraction of sp³-hybridized carbons (Fsp3) is 0.143. The first-order chi connectivity index (χ1) is 6.43. The topological polar surface area (TPSA) is 76.0 Å². The largest absolute Gasteiger partial charge is 0.365 e. The summed E-state index contributed by atoms with van der Waals surface area (Å²) in [4.78, 5) is 22.9. The molecule has 0 radical (unpaired) electrons. The van der Waals surface area contributed by atoms with E-state index >= 15 is 0 Å².